The molecule has 1 atom stereocenters. The van der Waals surface area contributed by atoms with Gasteiger partial charge in [-0.05, 0) is 48.9 Å². The van der Waals surface area contributed by atoms with E-state index < -0.39 is 0 Å². The molecule has 160 valence electrons. The Morgan fingerprint density at radius 1 is 1.17 bits per heavy atom. The van der Waals surface area contributed by atoms with E-state index >= 15 is 0 Å². The minimum Gasteiger partial charge on any atom is -0.367 e. The number of halogens is 1. The average Bonchev–Trinajstić information content (AvgIpc) is 3.27. The third kappa shape index (κ3) is 6.23. The molecule has 3 rings (SSSR count). The molecular formula is C23H27FN2O3S. The second-order valence-corrected chi connectivity index (χ2v) is 8.69. The van der Waals surface area contributed by atoms with E-state index in [4.69, 9.17) is 0 Å². The van der Waals surface area contributed by atoms with Gasteiger partial charge in [0.05, 0.1) is 10.6 Å². The maximum absolute atomic E-state index is 14.2. The zero-order valence-electron chi connectivity index (χ0n) is 17.2. The number of amides is 1. The van der Waals surface area contributed by atoms with Crippen molar-refractivity contribution in [2.24, 2.45) is 0 Å². The molecule has 1 saturated heterocycles. The molecule has 1 aromatic heterocycles. The summed E-state index contributed by atoms with van der Waals surface area (Å²) in [5, 5.41) is 4.81. The minimum absolute atomic E-state index is 0.0338. The second-order valence-electron chi connectivity index (χ2n) is 7.75. The SMILES string of the molecule is Cc1ccc(F)c(N2CCCC(NC(=O)CCC(=O)CCC(=O)c3cccs3)C2)c1. The van der Waals surface area contributed by atoms with Gasteiger partial charge in [0, 0.05) is 44.8 Å². The standard InChI is InChI=1S/C23H27FN2O3S/c1-16-6-9-19(24)20(14-16)26-12-2-4-17(15-26)25-23(29)11-8-18(27)7-10-21(28)22-5-3-13-30-22/h3,5-6,9,13-14,17H,2,4,7-8,10-12,15H2,1H3,(H,25,29). The van der Waals surface area contributed by atoms with Crippen LogP contribution in [0.25, 0.3) is 0 Å². The summed E-state index contributed by atoms with van der Waals surface area (Å²) in [7, 11) is 0. The lowest BCUT2D eigenvalue weighted by molar-refractivity contribution is -0.125. The highest BCUT2D eigenvalue weighted by molar-refractivity contribution is 7.12. The first-order chi connectivity index (χ1) is 14.4. The van der Waals surface area contributed by atoms with Crippen LogP contribution in [0.5, 0.6) is 0 Å². The number of nitrogens with zero attached hydrogens (tertiary/aromatic N) is 1. The maximum Gasteiger partial charge on any atom is 0.220 e. The third-order valence-corrected chi connectivity index (χ3v) is 6.20. The molecule has 1 amide bonds. The van der Waals surface area contributed by atoms with E-state index in [-0.39, 0.29) is 55.0 Å². The Bertz CT molecular complexity index is 898. The number of benzene rings is 1. The van der Waals surface area contributed by atoms with E-state index in [0.717, 1.165) is 24.9 Å². The Balaban J connectivity index is 1.41. The Hall–Kier alpha value is -2.54. The van der Waals surface area contributed by atoms with Gasteiger partial charge in [-0.2, -0.15) is 0 Å². The topological polar surface area (TPSA) is 66.5 Å². The zero-order valence-corrected chi connectivity index (χ0v) is 18.0. The van der Waals surface area contributed by atoms with Crippen LogP contribution in [0.3, 0.4) is 0 Å². The van der Waals surface area contributed by atoms with E-state index in [1.54, 1.807) is 12.1 Å². The van der Waals surface area contributed by atoms with Gasteiger partial charge in [0.2, 0.25) is 5.91 Å². The Morgan fingerprint density at radius 3 is 2.73 bits per heavy atom. The molecule has 7 heteroatoms. The van der Waals surface area contributed by atoms with Crippen molar-refractivity contribution in [1.82, 2.24) is 5.32 Å². The summed E-state index contributed by atoms with van der Waals surface area (Å²) < 4.78 is 14.2. The van der Waals surface area contributed by atoms with Gasteiger partial charge in [-0.1, -0.05) is 12.1 Å². The number of piperidine rings is 1. The first-order valence-electron chi connectivity index (χ1n) is 10.3. The van der Waals surface area contributed by atoms with Crippen LogP contribution in [0.4, 0.5) is 10.1 Å². The predicted molar refractivity (Wildman–Crippen MR) is 117 cm³/mol. The number of Topliss-reactive ketones (excluding diaryl/α,β-unsaturated/α-hetero) is 2. The largest absolute Gasteiger partial charge is 0.367 e. The smallest absolute Gasteiger partial charge is 0.220 e. The minimum atomic E-state index is -0.254. The lowest BCUT2D eigenvalue weighted by atomic mass is 10.0. The number of ketones is 2. The fourth-order valence-electron chi connectivity index (χ4n) is 3.67. The molecular weight excluding hydrogens is 403 g/mol. The van der Waals surface area contributed by atoms with Gasteiger partial charge < -0.3 is 10.2 Å². The van der Waals surface area contributed by atoms with Crippen LogP contribution in [0.15, 0.2) is 35.7 Å². The van der Waals surface area contributed by atoms with Gasteiger partial charge in [-0.25, -0.2) is 4.39 Å². The Morgan fingerprint density at radius 2 is 1.97 bits per heavy atom. The fraction of sp³-hybridized carbons (Fsp3) is 0.435. The summed E-state index contributed by atoms with van der Waals surface area (Å²) in [5.41, 5.74) is 1.56. The number of rotatable bonds is 9. The molecule has 2 aromatic rings. The lowest BCUT2D eigenvalue weighted by Gasteiger charge is -2.35. The lowest BCUT2D eigenvalue weighted by Crippen LogP contribution is -2.48. The Kier molecular flexibility index (Phi) is 7.74. The molecule has 1 unspecified atom stereocenters. The molecule has 30 heavy (non-hydrogen) atoms. The first kappa shape index (κ1) is 22.2. The van der Waals surface area contributed by atoms with E-state index in [1.165, 1.54) is 17.4 Å². The quantitative estimate of drug-likeness (QED) is 0.603. The van der Waals surface area contributed by atoms with Gasteiger partial charge in [0.25, 0.3) is 0 Å². The van der Waals surface area contributed by atoms with Crippen LogP contribution in [0.2, 0.25) is 0 Å². The highest BCUT2D eigenvalue weighted by atomic mass is 32.1. The number of anilines is 1. The molecule has 2 heterocycles. The van der Waals surface area contributed by atoms with E-state index in [2.05, 4.69) is 5.32 Å². The van der Waals surface area contributed by atoms with Crippen molar-refractivity contribution in [2.75, 3.05) is 18.0 Å². The molecule has 0 saturated carbocycles. The second kappa shape index (κ2) is 10.5. The number of hydrogen-bond acceptors (Lipinski definition) is 5. The number of thiophene rings is 1. The van der Waals surface area contributed by atoms with Crippen molar-refractivity contribution >= 4 is 34.5 Å². The van der Waals surface area contributed by atoms with Crippen molar-refractivity contribution in [3.05, 3.63) is 52.0 Å². The molecule has 1 aliphatic heterocycles. The summed E-state index contributed by atoms with van der Waals surface area (Å²) in [6, 6.07) is 8.54. The molecule has 1 fully saturated rings. The highest BCUT2D eigenvalue weighted by Gasteiger charge is 2.23. The predicted octanol–water partition coefficient (Wildman–Crippen LogP) is 4.29. The van der Waals surface area contributed by atoms with Crippen LogP contribution in [0.1, 0.15) is 53.8 Å². The summed E-state index contributed by atoms with van der Waals surface area (Å²) in [4.78, 5) is 38.9. The van der Waals surface area contributed by atoms with Crippen LogP contribution in [0, 0.1) is 12.7 Å². The van der Waals surface area contributed by atoms with Crippen LogP contribution in [-0.4, -0.2) is 36.6 Å². The monoisotopic (exact) mass is 430 g/mol. The van der Waals surface area contributed by atoms with Crippen molar-refractivity contribution < 1.29 is 18.8 Å². The van der Waals surface area contributed by atoms with Gasteiger partial charge in [0.15, 0.2) is 5.78 Å². The van der Waals surface area contributed by atoms with Gasteiger partial charge in [-0.3, -0.25) is 14.4 Å². The number of hydrogen-bond donors (Lipinski definition) is 1. The molecule has 0 radical (unpaired) electrons. The first-order valence-corrected chi connectivity index (χ1v) is 11.2. The molecule has 1 aromatic carbocycles. The summed E-state index contributed by atoms with van der Waals surface area (Å²) in [5.74, 6) is -0.546. The third-order valence-electron chi connectivity index (χ3n) is 5.29. The van der Waals surface area contributed by atoms with Gasteiger partial charge in [0.1, 0.15) is 11.6 Å². The summed E-state index contributed by atoms with van der Waals surface area (Å²) >= 11 is 1.37. The number of carbonyl (C=O) groups excluding carboxylic acids is 3. The normalized spacial score (nSPS) is 16.3. The molecule has 0 aliphatic carbocycles. The zero-order chi connectivity index (χ0) is 21.5. The van der Waals surface area contributed by atoms with Gasteiger partial charge in [-0.15, -0.1) is 11.3 Å². The fourth-order valence-corrected chi connectivity index (χ4v) is 4.36. The van der Waals surface area contributed by atoms with Crippen LogP contribution >= 0.6 is 11.3 Å². The summed E-state index contributed by atoms with van der Waals surface area (Å²) in [6.07, 6.45) is 2.28. The molecule has 1 N–H and O–H groups in total. The Labute approximate surface area is 180 Å². The number of aryl methyl sites for hydroxylation is 1. The van der Waals surface area contributed by atoms with Crippen molar-refractivity contribution in [3.63, 3.8) is 0 Å². The van der Waals surface area contributed by atoms with Gasteiger partial charge >= 0.3 is 0 Å². The molecule has 5 nitrogen and oxygen atoms in total. The van der Waals surface area contributed by atoms with Crippen LogP contribution < -0.4 is 10.2 Å². The van der Waals surface area contributed by atoms with E-state index in [9.17, 15) is 18.8 Å². The molecule has 1 aliphatic rings. The number of nitrogens with one attached hydrogen (secondary N) is 1. The van der Waals surface area contributed by atoms with E-state index in [1.807, 2.05) is 29.3 Å². The van der Waals surface area contributed by atoms with Crippen molar-refractivity contribution in [3.8, 4) is 0 Å². The molecule has 0 bridgehead atoms. The maximum atomic E-state index is 14.2. The highest BCUT2D eigenvalue weighted by Crippen LogP contribution is 2.24. The van der Waals surface area contributed by atoms with Crippen LogP contribution in [-0.2, 0) is 9.59 Å². The number of carbonyl (C=O) groups is 3. The molecule has 0 spiro atoms. The van der Waals surface area contributed by atoms with Crippen molar-refractivity contribution in [2.45, 2.75) is 51.5 Å². The average molecular weight is 431 g/mol. The van der Waals surface area contributed by atoms with Crippen molar-refractivity contribution in [1.29, 1.82) is 0 Å². The summed E-state index contributed by atoms with van der Waals surface area (Å²) in [6.45, 7) is 3.23. The van der Waals surface area contributed by atoms with E-state index in [0.29, 0.717) is 17.1 Å².